The van der Waals surface area contributed by atoms with E-state index in [0.29, 0.717) is 0 Å². The Morgan fingerprint density at radius 3 is 2.37 bits per heavy atom. The summed E-state index contributed by atoms with van der Waals surface area (Å²) in [6.07, 6.45) is -0.709. The summed E-state index contributed by atoms with van der Waals surface area (Å²) >= 11 is 0. The second kappa shape index (κ2) is 6.86. The van der Waals surface area contributed by atoms with Gasteiger partial charge in [0.1, 0.15) is 12.1 Å². The molecule has 2 amide bonds. The molecule has 0 aliphatic heterocycles. The average Bonchev–Trinajstić information content (AvgIpc) is 2.37. The predicted molar refractivity (Wildman–Crippen MR) is 70.9 cm³/mol. The number of carbonyl (C=O) groups is 2. The Hall–Kier alpha value is -1.92. The van der Waals surface area contributed by atoms with Gasteiger partial charge in [0.2, 0.25) is 11.8 Å². The van der Waals surface area contributed by atoms with Crippen molar-refractivity contribution in [3.8, 4) is 0 Å². The summed E-state index contributed by atoms with van der Waals surface area (Å²) < 4.78 is 0. The maximum absolute atomic E-state index is 11.7. The molecule has 6 heteroatoms. The van der Waals surface area contributed by atoms with Gasteiger partial charge in [0, 0.05) is 6.42 Å². The van der Waals surface area contributed by atoms with Crippen LogP contribution in [0.4, 0.5) is 0 Å². The van der Waals surface area contributed by atoms with Crippen LogP contribution in [-0.2, 0) is 16.0 Å². The number of aliphatic hydroxyl groups excluding tert-OH is 1. The molecule has 0 fully saturated rings. The maximum atomic E-state index is 11.7. The number of rotatable bonds is 6. The van der Waals surface area contributed by atoms with Gasteiger partial charge in [0.05, 0.1) is 6.10 Å². The van der Waals surface area contributed by atoms with Crippen LogP contribution in [0.5, 0.6) is 0 Å². The molecular formula is C13H19N3O3. The van der Waals surface area contributed by atoms with E-state index in [-0.39, 0.29) is 6.42 Å². The van der Waals surface area contributed by atoms with E-state index in [9.17, 15) is 14.7 Å². The molecule has 19 heavy (non-hydrogen) atoms. The summed E-state index contributed by atoms with van der Waals surface area (Å²) in [6, 6.07) is 7.24. The third-order valence-corrected chi connectivity index (χ3v) is 2.77. The van der Waals surface area contributed by atoms with Crippen LogP contribution >= 0.6 is 0 Å². The number of primary amides is 1. The molecule has 104 valence electrons. The smallest absolute Gasteiger partial charge is 0.240 e. The van der Waals surface area contributed by atoms with Crippen LogP contribution in [-0.4, -0.2) is 35.1 Å². The van der Waals surface area contributed by atoms with Crippen LogP contribution in [0.3, 0.4) is 0 Å². The summed E-state index contributed by atoms with van der Waals surface area (Å²) in [5.41, 5.74) is 11.6. The SMILES string of the molecule is C[C@@H](O)[C@@H](N)C(=O)N[C@@H](Cc1ccccc1)C(N)=O. The highest BCUT2D eigenvalue weighted by Crippen LogP contribution is 2.03. The lowest BCUT2D eigenvalue weighted by Crippen LogP contribution is -2.54. The largest absolute Gasteiger partial charge is 0.391 e. The quantitative estimate of drug-likeness (QED) is 0.522. The number of hydrogen-bond donors (Lipinski definition) is 4. The standard InChI is InChI=1S/C13H19N3O3/c1-8(17)11(14)13(19)16-10(12(15)18)7-9-5-3-2-4-6-9/h2-6,8,10-11,17H,7,14H2,1H3,(H2,15,18)(H,16,19)/t8-,10+,11-/m1/s1. The van der Waals surface area contributed by atoms with Crippen molar-refractivity contribution in [3.05, 3.63) is 35.9 Å². The Balaban J connectivity index is 2.69. The predicted octanol–water partition coefficient (Wildman–Crippen LogP) is -1.09. The Kier molecular flexibility index (Phi) is 5.47. The van der Waals surface area contributed by atoms with E-state index in [4.69, 9.17) is 11.5 Å². The average molecular weight is 265 g/mol. The highest BCUT2D eigenvalue weighted by atomic mass is 16.3. The number of nitrogens with one attached hydrogen (secondary N) is 1. The van der Waals surface area contributed by atoms with Gasteiger partial charge >= 0.3 is 0 Å². The molecule has 0 spiro atoms. The third-order valence-electron chi connectivity index (χ3n) is 2.77. The first-order valence-electron chi connectivity index (χ1n) is 5.99. The second-order valence-electron chi connectivity index (χ2n) is 4.42. The molecule has 0 bridgehead atoms. The molecule has 0 saturated heterocycles. The fourth-order valence-electron chi connectivity index (χ4n) is 1.56. The first-order valence-corrected chi connectivity index (χ1v) is 5.99. The minimum atomic E-state index is -1.09. The van der Waals surface area contributed by atoms with Gasteiger partial charge in [0.15, 0.2) is 0 Å². The molecule has 0 heterocycles. The summed E-state index contributed by atoms with van der Waals surface area (Å²) in [4.78, 5) is 23.0. The zero-order valence-electron chi connectivity index (χ0n) is 10.7. The fraction of sp³-hybridized carbons (Fsp3) is 0.385. The van der Waals surface area contributed by atoms with Gasteiger partial charge in [0.25, 0.3) is 0 Å². The van der Waals surface area contributed by atoms with E-state index in [1.54, 1.807) is 0 Å². The van der Waals surface area contributed by atoms with Gasteiger partial charge in [-0.05, 0) is 12.5 Å². The van der Waals surface area contributed by atoms with Crippen molar-refractivity contribution in [1.82, 2.24) is 5.32 Å². The van der Waals surface area contributed by atoms with Gasteiger partial charge in [-0.15, -0.1) is 0 Å². The third kappa shape index (κ3) is 4.69. The van der Waals surface area contributed by atoms with Gasteiger partial charge < -0.3 is 21.9 Å². The van der Waals surface area contributed by atoms with Crippen LogP contribution in [0.15, 0.2) is 30.3 Å². The molecule has 0 aliphatic carbocycles. The number of carbonyl (C=O) groups excluding carboxylic acids is 2. The molecule has 1 aromatic rings. The van der Waals surface area contributed by atoms with Crippen molar-refractivity contribution in [2.45, 2.75) is 31.5 Å². The molecule has 1 rings (SSSR count). The van der Waals surface area contributed by atoms with Crippen molar-refractivity contribution in [2.75, 3.05) is 0 Å². The number of hydrogen-bond acceptors (Lipinski definition) is 4. The van der Waals surface area contributed by atoms with Gasteiger partial charge in [-0.1, -0.05) is 30.3 Å². The molecular weight excluding hydrogens is 246 g/mol. The number of nitrogens with two attached hydrogens (primary N) is 2. The highest BCUT2D eigenvalue weighted by molar-refractivity contribution is 5.89. The Morgan fingerprint density at radius 2 is 1.89 bits per heavy atom. The summed E-state index contributed by atoms with van der Waals surface area (Å²) in [5, 5.41) is 11.7. The fourth-order valence-corrected chi connectivity index (χ4v) is 1.56. The van der Waals surface area contributed by atoms with Crippen molar-refractivity contribution in [1.29, 1.82) is 0 Å². The number of aliphatic hydroxyl groups is 1. The lowest BCUT2D eigenvalue weighted by Gasteiger charge is -2.20. The van der Waals surface area contributed by atoms with Crippen LogP contribution in [0.25, 0.3) is 0 Å². The number of benzene rings is 1. The van der Waals surface area contributed by atoms with E-state index in [2.05, 4.69) is 5.32 Å². The first kappa shape index (κ1) is 15.1. The van der Waals surface area contributed by atoms with E-state index < -0.39 is 30.0 Å². The minimum absolute atomic E-state index is 0.286. The van der Waals surface area contributed by atoms with Gasteiger partial charge in [-0.2, -0.15) is 0 Å². The van der Waals surface area contributed by atoms with Crippen LogP contribution in [0.2, 0.25) is 0 Å². The molecule has 0 aliphatic rings. The zero-order chi connectivity index (χ0) is 14.4. The van der Waals surface area contributed by atoms with E-state index in [1.807, 2.05) is 30.3 Å². The van der Waals surface area contributed by atoms with Crippen molar-refractivity contribution in [3.63, 3.8) is 0 Å². The zero-order valence-corrected chi connectivity index (χ0v) is 10.7. The van der Waals surface area contributed by atoms with Crippen molar-refractivity contribution in [2.24, 2.45) is 11.5 Å². The molecule has 6 nitrogen and oxygen atoms in total. The highest BCUT2D eigenvalue weighted by Gasteiger charge is 2.24. The van der Waals surface area contributed by atoms with E-state index in [1.165, 1.54) is 6.92 Å². The normalized spacial score (nSPS) is 15.3. The van der Waals surface area contributed by atoms with E-state index in [0.717, 1.165) is 5.56 Å². The molecule has 0 unspecified atom stereocenters. The Labute approximate surface area is 111 Å². The second-order valence-corrected chi connectivity index (χ2v) is 4.42. The lowest BCUT2D eigenvalue weighted by molar-refractivity contribution is -0.129. The Bertz CT molecular complexity index is 434. The van der Waals surface area contributed by atoms with Gasteiger partial charge in [-0.3, -0.25) is 9.59 Å². The maximum Gasteiger partial charge on any atom is 0.240 e. The first-order chi connectivity index (χ1) is 8.91. The van der Waals surface area contributed by atoms with Crippen LogP contribution < -0.4 is 16.8 Å². The summed E-state index contributed by atoms with van der Waals surface area (Å²) in [7, 11) is 0. The number of amides is 2. The van der Waals surface area contributed by atoms with E-state index >= 15 is 0 Å². The van der Waals surface area contributed by atoms with Gasteiger partial charge in [-0.25, -0.2) is 0 Å². The monoisotopic (exact) mass is 265 g/mol. The molecule has 0 radical (unpaired) electrons. The lowest BCUT2D eigenvalue weighted by atomic mass is 10.0. The summed E-state index contributed by atoms with van der Waals surface area (Å²) in [6.45, 7) is 1.40. The molecule has 3 atom stereocenters. The van der Waals surface area contributed by atoms with Crippen LogP contribution in [0, 0.1) is 0 Å². The molecule has 0 saturated carbocycles. The van der Waals surface area contributed by atoms with Crippen molar-refractivity contribution >= 4 is 11.8 Å². The molecule has 1 aromatic carbocycles. The molecule has 0 aromatic heterocycles. The topological polar surface area (TPSA) is 118 Å². The Morgan fingerprint density at radius 1 is 1.32 bits per heavy atom. The van der Waals surface area contributed by atoms with Crippen molar-refractivity contribution < 1.29 is 14.7 Å². The minimum Gasteiger partial charge on any atom is -0.391 e. The summed E-state index contributed by atoms with van der Waals surface area (Å²) in [5.74, 6) is -1.25. The van der Waals surface area contributed by atoms with Crippen LogP contribution in [0.1, 0.15) is 12.5 Å². The molecule has 6 N–H and O–H groups in total.